The van der Waals surface area contributed by atoms with Crippen LogP contribution in [0.4, 0.5) is 0 Å². The van der Waals surface area contributed by atoms with Gasteiger partial charge in [-0.25, -0.2) is 0 Å². The molecule has 0 heterocycles. The third-order valence-corrected chi connectivity index (χ3v) is 7.28. The van der Waals surface area contributed by atoms with Gasteiger partial charge in [0.15, 0.2) is 8.32 Å². The normalized spacial score (nSPS) is 12.3. The van der Waals surface area contributed by atoms with Crippen molar-refractivity contribution in [1.82, 2.24) is 0 Å². The lowest BCUT2D eigenvalue weighted by atomic mass is 10.2. The van der Waals surface area contributed by atoms with E-state index in [0.717, 1.165) is 13.0 Å². The molecule has 0 unspecified atom stereocenters. The molecular weight excluding hydrogens is 192 g/mol. The summed E-state index contributed by atoms with van der Waals surface area (Å²) in [4.78, 5) is 0. The van der Waals surface area contributed by atoms with E-state index in [-0.39, 0.29) is 5.04 Å². The van der Waals surface area contributed by atoms with E-state index >= 15 is 0 Å². The molecule has 82 valence electrons. The molecule has 0 spiro atoms. The Morgan fingerprint density at radius 1 is 1.21 bits per heavy atom. The largest absolute Gasteiger partial charge is 0.447 e. The van der Waals surface area contributed by atoms with Gasteiger partial charge in [-0.1, -0.05) is 27.2 Å². The molecule has 14 heavy (non-hydrogen) atoms. The predicted octanol–water partition coefficient (Wildman–Crippen LogP) is 3.01. The molecule has 0 N–H and O–H groups in total. The Bertz CT molecular complexity index is 198. The average Bonchev–Trinajstić information content (AvgIpc) is 2.02. The van der Waals surface area contributed by atoms with E-state index in [0.29, 0.717) is 6.61 Å². The van der Waals surface area contributed by atoms with Crippen LogP contribution in [0.15, 0.2) is 0 Å². The Balaban J connectivity index is 3.73. The van der Waals surface area contributed by atoms with Crippen LogP contribution in [0.3, 0.4) is 0 Å². The fourth-order valence-electron chi connectivity index (χ4n) is 0.734. The molecule has 0 rings (SSSR count). The Kier molecular flexibility index (Phi) is 5.25. The summed E-state index contributed by atoms with van der Waals surface area (Å²) in [6.45, 7) is 12.5. The first-order chi connectivity index (χ1) is 6.31. The summed E-state index contributed by atoms with van der Waals surface area (Å²) in [5.74, 6) is 0. The van der Waals surface area contributed by atoms with Crippen molar-refractivity contribution in [2.75, 3.05) is 13.2 Å². The van der Waals surface area contributed by atoms with Gasteiger partial charge in [-0.3, -0.25) is 0 Å². The first-order valence-corrected chi connectivity index (χ1v) is 7.93. The van der Waals surface area contributed by atoms with Gasteiger partial charge < -0.3 is 9.16 Å². The Labute approximate surface area is 89.1 Å². The Morgan fingerprint density at radius 3 is 2.21 bits per heavy atom. The minimum absolute atomic E-state index is 0.278. The maximum atomic E-state index is 5.93. The van der Waals surface area contributed by atoms with E-state index in [9.17, 15) is 0 Å². The average molecular weight is 214 g/mol. The van der Waals surface area contributed by atoms with Gasteiger partial charge >= 0.3 is 0 Å². The SMILES string of the molecule is C#COCCCO[Si](C)(C)C(C)(C)C. The van der Waals surface area contributed by atoms with Crippen LogP contribution in [0.25, 0.3) is 0 Å². The third kappa shape index (κ3) is 4.68. The van der Waals surface area contributed by atoms with Gasteiger partial charge in [-0.2, -0.15) is 0 Å². The highest BCUT2D eigenvalue weighted by Gasteiger charge is 2.36. The van der Waals surface area contributed by atoms with Crippen LogP contribution in [-0.4, -0.2) is 21.5 Å². The van der Waals surface area contributed by atoms with E-state index in [1.807, 2.05) is 0 Å². The Hall–Kier alpha value is -0.463. The molecule has 0 saturated carbocycles. The van der Waals surface area contributed by atoms with Gasteiger partial charge in [0.2, 0.25) is 0 Å². The van der Waals surface area contributed by atoms with E-state index in [4.69, 9.17) is 15.6 Å². The van der Waals surface area contributed by atoms with Crippen LogP contribution >= 0.6 is 0 Å². The van der Waals surface area contributed by atoms with Crippen molar-refractivity contribution >= 4 is 8.32 Å². The van der Waals surface area contributed by atoms with Gasteiger partial charge in [0.05, 0.1) is 0 Å². The summed E-state index contributed by atoms with van der Waals surface area (Å²) in [5.41, 5.74) is 0. The third-order valence-electron chi connectivity index (χ3n) is 2.74. The van der Waals surface area contributed by atoms with Crippen molar-refractivity contribution in [3.05, 3.63) is 0 Å². The maximum absolute atomic E-state index is 5.93. The molecule has 0 saturated heterocycles. The molecule has 0 aliphatic carbocycles. The first kappa shape index (κ1) is 13.5. The highest BCUT2D eigenvalue weighted by atomic mass is 28.4. The standard InChI is InChI=1S/C11H22O2Si/c1-7-12-9-8-10-13-14(5,6)11(2,3)4/h1H,8-10H2,2-6H3. The van der Waals surface area contributed by atoms with Crippen molar-refractivity contribution in [3.8, 4) is 12.5 Å². The molecule has 0 aromatic rings. The molecule has 0 aromatic carbocycles. The van der Waals surface area contributed by atoms with Crippen LogP contribution in [0.5, 0.6) is 0 Å². The van der Waals surface area contributed by atoms with Crippen LogP contribution in [0, 0.1) is 12.5 Å². The summed E-state index contributed by atoms with van der Waals surface area (Å²) in [5, 5.41) is 0.278. The number of rotatable bonds is 5. The second-order valence-corrected chi connectivity index (χ2v) is 9.74. The molecule has 0 atom stereocenters. The number of terminal acetylenes is 1. The molecule has 3 heteroatoms. The lowest BCUT2D eigenvalue weighted by molar-refractivity contribution is 0.216. The smallest absolute Gasteiger partial charge is 0.191 e. The van der Waals surface area contributed by atoms with Crippen molar-refractivity contribution in [2.24, 2.45) is 0 Å². The quantitative estimate of drug-likeness (QED) is 0.398. The monoisotopic (exact) mass is 214 g/mol. The van der Waals surface area contributed by atoms with Crippen LogP contribution in [0.2, 0.25) is 18.1 Å². The molecule has 0 bridgehead atoms. The molecule has 0 amide bonds. The van der Waals surface area contributed by atoms with E-state index in [2.05, 4.69) is 40.0 Å². The zero-order valence-corrected chi connectivity index (χ0v) is 11.0. The fraction of sp³-hybridized carbons (Fsp3) is 0.818. The van der Waals surface area contributed by atoms with Gasteiger partial charge in [0.25, 0.3) is 0 Å². The Morgan fingerprint density at radius 2 is 1.79 bits per heavy atom. The maximum Gasteiger partial charge on any atom is 0.191 e. The second-order valence-electron chi connectivity index (χ2n) is 4.93. The minimum atomic E-state index is -1.57. The summed E-state index contributed by atoms with van der Waals surface area (Å²) < 4.78 is 10.7. The summed E-state index contributed by atoms with van der Waals surface area (Å²) >= 11 is 0. The van der Waals surface area contributed by atoms with Gasteiger partial charge in [-0.15, -0.1) is 0 Å². The first-order valence-electron chi connectivity index (χ1n) is 5.02. The molecule has 0 aliphatic heterocycles. The minimum Gasteiger partial charge on any atom is -0.447 e. The number of ether oxygens (including phenoxy) is 1. The predicted molar refractivity (Wildman–Crippen MR) is 62.6 cm³/mol. The molecule has 0 aromatic heterocycles. The van der Waals surface area contributed by atoms with Crippen LogP contribution < -0.4 is 0 Å². The summed E-state index contributed by atoms with van der Waals surface area (Å²) in [6, 6.07) is 0. The number of hydrogen-bond donors (Lipinski definition) is 0. The summed E-state index contributed by atoms with van der Waals surface area (Å²) in [6.07, 6.45) is 7.98. The molecule has 0 fully saturated rings. The van der Waals surface area contributed by atoms with E-state index < -0.39 is 8.32 Å². The lowest BCUT2D eigenvalue weighted by Gasteiger charge is -2.36. The van der Waals surface area contributed by atoms with E-state index in [1.54, 1.807) is 0 Å². The van der Waals surface area contributed by atoms with E-state index in [1.165, 1.54) is 0 Å². The topological polar surface area (TPSA) is 18.5 Å². The molecule has 0 radical (unpaired) electrons. The fourth-order valence-corrected chi connectivity index (χ4v) is 1.82. The highest BCUT2D eigenvalue weighted by molar-refractivity contribution is 6.74. The van der Waals surface area contributed by atoms with Crippen molar-refractivity contribution < 1.29 is 9.16 Å². The molecule has 0 aliphatic rings. The summed E-state index contributed by atoms with van der Waals surface area (Å²) in [7, 11) is -1.57. The highest BCUT2D eigenvalue weighted by Crippen LogP contribution is 2.36. The zero-order valence-electron chi connectivity index (χ0n) is 10.0. The van der Waals surface area contributed by atoms with Crippen molar-refractivity contribution in [2.45, 2.75) is 45.3 Å². The zero-order chi connectivity index (χ0) is 11.2. The lowest BCUT2D eigenvalue weighted by Crippen LogP contribution is -2.41. The second kappa shape index (κ2) is 5.43. The van der Waals surface area contributed by atoms with Gasteiger partial charge in [0.1, 0.15) is 12.7 Å². The van der Waals surface area contributed by atoms with Crippen LogP contribution in [-0.2, 0) is 9.16 Å². The van der Waals surface area contributed by atoms with Crippen LogP contribution in [0.1, 0.15) is 27.2 Å². The van der Waals surface area contributed by atoms with Gasteiger partial charge in [-0.05, 0) is 18.1 Å². The molecule has 2 nitrogen and oxygen atoms in total. The molecular formula is C11H22O2Si. The number of hydrogen-bond acceptors (Lipinski definition) is 2. The van der Waals surface area contributed by atoms with Crippen molar-refractivity contribution in [3.63, 3.8) is 0 Å². The van der Waals surface area contributed by atoms with Gasteiger partial charge in [0, 0.05) is 13.0 Å². The van der Waals surface area contributed by atoms with Crippen molar-refractivity contribution in [1.29, 1.82) is 0 Å².